The fourth-order valence-electron chi connectivity index (χ4n) is 7.04. The predicted octanol–water partition coefficient (Wildman–Crippen LogP) is 13.3. The van der Waals surface area contributed by atoms with E-state index in [1.54, 1.807) is 0 Å². The highest BCUT2D eigenvalue weighted by molar-refractivity contribution is 9.13. The molecule has 0 radical (unpaired) electrons. The van der Waals surface area contributed by atoms with Crippen LogP contribution in [0.2, 0.25) is 0 Å². The normalized spacial score (nSPS) is 14.6. The Labute approximate surface area is 313 Å². The van der Waals surface area contributed by atoms with Gasteiger partial charge in [-0.15, -0.1) is 16.4 Å². The minimum absolute atomic E-state index is 0.441. The summed E-state index contributed by atoms with van der Waals surface area (Å²) in [5.41, 5.74) is -6.92. The van der Waals surface area contributed by atoms with Crippen LogP contribution in [0.3, 0.4) is 0 Å². The Morgan fingerprint density at radius 2 is 0.589 bits per heavy atom. The van der Waals surface area contributed by atoms with Crippen molar-refractivity contribution in [3.8, 4) is 5.30 Å². The zero-order valence-corrected chi connectivity index (χ0v) is 34.3. The molecule has 2 aromatic heterocycles. The molecule has 6 aromatic rings. The molecule has 0 aliphatic heterocycles. The second-order valence-electron chi connectivity index (χ2n) is 16.6. The lowest BCUT2D eigenvalue weighted by Gasteiger charge is -2.42. The van der Waals surface area contributed by atoms with Crippen LogP contribution < -0.4 is 16.4 Å². The molecule has 0 aliphatic rings. The topological polar surface area (TPSA) is 0 Å². The quantitative estimate of drug-likeness (QED) is 0.0700. The van der Waals surface area contributed by atoms with Crippen molar-refractivity contribution in [2.24, 2.45) is 0 Å². The summed E-state index contributed by atoms with van der Waals surface area (Å²) in [6.45, 7) is 12.1. The van der Waals surface area contributed by atoms with Crippen LogP contribution in [0.25, 0.3) is 5.30 Å². The standard InChI is InChI=1S/C36H29BF15P4/c1-34(2,3)12-10-13(35(4,5)6)33(14(11-12)36(7,8)9)53-55-54(56(53)55)37(15-18(38)24(44)30(50)25(45)19(15)39,16-20(40)26(46)31(51)27(47)21(16)41)17-22(42)28(48)32(52)29(49)23(17)43/h10-11H,1-9H3/q-1. The summed E-state index contributed by atoms with van der Waals surface area (Å²) in [6.07, 6.45) is -4.16. The first-order valence-electron chi connectivity index (χ1n) is 16.6. The van der Waals surface area contributed by atoms with Crippen molar-refractivity contribution in [1.82, 2.24) is 0 Å². The molecule has 0 bridgehead atoms. The summed E-state index contributed by atoms with van der Waals surface area (Å²) in [5, 5.41) is 0.640. The van der Waals surface area contributed by atoms with Crippen LogP contribution >= 0.6 is 26.4 Å². The molecule has 2 heterocycles. The maximum atomic E-state index is 16.2. The van der Waals surface area contributed by atoms with Crippen LogP contribution in [-0.4, -0.2) is 5.87 Å². The smallest absolute Gasteiger partial charge is 0.200 e. The van der Waals surface area contributed by atoms with Crippen molar-refractivity contribution >= 4 is 48.6 Å². The highest BCUT2D eigenvalue weighted by Gasteiger charge is 2.55. The number of benzene rings is 4. The third kappa shape index (κ3) is 5.93. The van der Waals surface area contributed by atoms with Gasteiger partial charge in [0.1, 0.15) is 34.9 Å². The molecular weight excluding hydrogens is 852 g/mol. The summed E-state index contributed by atoms with van der Waals surface area (Å²) >= 11 is 0. The summed E-state index contributed by atoms with van der Waals surface area (Å²) in [7, 11) is 0. The molecule has 6 rings (SSSR count). The van der Waals surface area contributed by atoms with Gasteiger partial charge < -0.3 is 0 Å². The average Bonchev–Trinajstić information content (AvgIpc) is 4.01. The monoisotopic (exact) mass is 881 g/mol. The van der Waals surface area contributed by atoms with E-state index in [-0.39, 0.29) is 0 Å². The minimum atomic E-state index is -5.45. The van der Waals surface area contributed by atoms with Gasteiger partial charge >= 0.3 is 0 Å². The van der Waals surface area contributed by atoms with Crippen molar-refractivity contribution in [3.05, 3.63) is 116 Å². The van der Waals surface area contributed by atoms with E-state index in [1.807, 2.05) is 74.4 Å². The Morgan fingerprint density at radius 1 is 0.357 bits per heavy atom. The molecular formula is C36H29BF15P4-. The molecule has 302 valence electrons. The second-order valence-corrected chi connectivity index (χ2v) is 39.9. The highest BCUT2D eigenvalue weighted by atomic mass is 33.1. The number of rotatable bonds is 5. The van der Waals surface area contributed by atoms with Gasteiger partial charge in [-0.1, -0.05) is 87.2 Å². The molecule has 0 fully saturated rings. The van der Waals surface area contributed by atoms with Crippen molar-refractivity contribution in [2.75, 3.05) is 0 Å². The summed E-state index contributed by atoms with van der Waals surface area (Å²) < 4.78 is 232. The van der Waals surface area contributed by atoms with Crippen molar-refractivity contribution in [1.29, 1.82) is 0 Å². The molecule has 2 atom stereocenters. The SMILES string of the molecule is CC(C)(C)c1cc(C(C)(C)C)c(-p2p3p([B-](c4c(F)c(F)c(F)c(F)c4F)(c4c(F)c(F)c(F)c(F)c4F)c4c(F)c(F)c(F)c(F)c4F)p23)c(C(C)(C)C)c1. The molecule has 0 saturated carbocycles. The van der Waals surface area contributed by atoms with Gasteiger partial charge in [-0.25, -0.2) is 72.6 Å². The van der Waals surface area contributed by atoms with Crippen LogP contribution in [0, 0.1) is 87.3 Å². The minimum Gasteiger partial charge on any atom is -0.215 e. The van der Waals surface area contributed by atoms with Crippen molar-refractivity contribution in [2.45, 2.75) is 78.6 Å². The lowest BCUT2D eigenvalue weighted by atomic mass is 9.33. The van der Waals surface area contributed by atoms with Gasteiger partial charge in [0.2, 0.25) is 0 Å². The molecule has 4 aromatic carbocycles. The van der Waals surface area contributed by atoms with Gasteiger partial charge in [-0.05, 0) is 39.8 Å². The molecule has 56 heavy (non-hydrogen) atoms. The number of fused-ring (bicyclic) bond motifs is 1. The molecule has 0 aliphatic carbocycles. The average molecular weight is 881 g/mol. The van der Waals surface area contributed by atoms with Crippen LogP contribution in [-0.2, 0) is 16.2 Å². The van der Waals surface area contributed by atoms with Crippen LogP contribution in [0.15, 0.2) is 12.1 Å². The zero-order valence-electron chi connectivity index (χ0n) is 30.7. The van der Waals surface area contributed by atoms with E-state index in [2.05, 4.69) is 0 Å². The summed E-state index contributed by atoms with van der Waals surface area (Å²) in [5.74, 6) is -49.4. The molecule has 2 unspecified atom stereocenters. The Balaban J connectivity index is 1.93. The first-order chi connectivity index (χ1) is 25.5. The van der Waals surface area contributed by atoms with Crippen LogP contribution in [0.5, 0.6) is 0 Å². The van der Waals surface area contributed by atoms with E-state index in [4.69, 9.17) is 0 Å². The van der Waals surface area contributed by atoms with Crippen LogP contribution in [0.4, 0.5) is 65.9 Å². The number of hydrogen-bond acceptors (Lipinski definition) is 0. The van der Waals surface area contributed by atoms with E-state index >= 15 is 52.7 Å². The Hall–Kier alpha value is -2.91. The van der Waals surface area contributed by atoms with Gasteiger partial charge in [-0.2, -0.15) is 0 Å². The Bertz CT molecular complexity index is 2300. The molecule has 0 N–H and O–H groups in total. The van der Waals surface area contributed by atoms with Crippen LogP contribution in [0.1, 0.15) is 79.0 Å². The third-order valence-electron chi connectivity index (χ3n) is 9.93. The maximum Gasteiger partial charge on any atom is 0.200 e. The summed E-state index contributed by atoms with van der Waals surface area (Å²) in [4.78, 5) is 0. The molecule has 0 nitrogen and oxygen atoms in total. The van der Waals surface area contributed by atoms with Gasteiger partial charge in [-0.3, -0.25) is 0 Å². The lowest BCUT2D eigenvalue weighted by Crippen LogP contribution is -2.70. The van der Waals surface area contributed by atoms with E-state index in [1.165, 1.54) is 0 Å². The molecule has 0 saturated heterocycles. The van der Waals surface area contributed by atoms with E-state index in [0.29, 0.717) is 16.4 Å². The first-order valence-corrected chi connectivity index (χ1v) is 25.6. The Kier molecular flexibility index (Phi) is 10.1. The Morgan fingerprint density at radius 3 is 0.804 bits per heavy atom. The number of hydrogen-bond donors (Lipinski definition) is 0. The van der Waals surface area contributed by atoms with Gasteiger partial charge in [0, 0.05) is 5.30 Å². The van der Waals surface area contributed by atoms with E-state index in [9.17, 15) is 13.2 Å². The van der Waals surface area contributed by atoms with Crippen molar-refractivity contribution in [3.63, 3.8) is 0 Å². The first kappa shape index (κ1) is 42.7. The van der Waals surface area contributed by atoms with E-state index < -0.39 is 152 Å². The van der Waals surface area contributed by atoms with Gasteiger partial charge in [0.15, 0.2) is 58.2 Å². The number of halogens is 15. The third-order valence-corrected chi connectivity index (χ3v) is 49.4. The van der Waals surface area contributed by atoms with Gasteiger partial charge in [0.05, 0.1) is 0 Å². The summed E-state index contributed by atoms with van der Waals surface area (Å²) in [6, 6.07) is 3.77. The maximum absolute atomic E-state index is 16.2. The molecule has 0 spiro atoms. The fourth-order valence-corrected chi connectivity index (χ4v) is 64.8. The molecule has 0 amide bonds. The largest absolute Gasteiger partial charge is 0.215 e. The molecule has 20 heteroatoms. The van der Waals surface area contributed by atoms with Gasteiger partial charge in [0.25, 0.3) is 0 Å². The van der Waals surface area contributed by atoms with Crippen molar-refractivity contribution < 1.29 is 65.9 Å². The predicted molar refractivity (Wildman–Crippen MR) is 193 cm³/mol. The highest BCUT2D eigenvalue weighted by Crippen LogP contribution is 3.13. The zero-order chi connectivity index (χ0) is 42.4. The lowest BCUT2D eigenvalue weighted by molar-refractivity contribution is 0.380. The van der Waals surface area contributed by atoms with E-state index in [0.717, 1.165) is 5.56 Å². The fraction of sp³-hybridized carbons (Fsp3) is 0.333. The second kappa shape index (κ2) is 13.3.